The Morgan fingerprint density at radius 2 is 2.23 bits per heavy atom. The van der Waals surface area contributed by atoms with Gasteiger partial charge < -0.3 is 10.1 Å². The normalized spacial score (nSPS) is 19.1. The Bertz CT molecular complexity index is 226. The first-order valence-electron chi connectivity index (χ1n) is 4.58. The average Bonchev–Trinajstić information content (AvgIpc) is 2.54. The molecule has 1 fully saturated rings. The number of carbonyl (C=O) groups is 1. The molecule has 0 heterocycles. The minimum atomic E-state index is -0.660. The van der Waals surface area contributed by atoms with Crippen LogP contribution in [0, 0.1) is 11.3 Å². The third-order valence-corrected chi connectivity index (χ3v) is 2.29. The summed E-state index contributed by atoms with van der Waals surface area (Å²) >= 11 is 0. The summed E-state index contributed by atoms with van der Waals surface area (Å²) in [6.45, 7) is 2.08. The number of nitriles is 1. The number of ether oxygens (including phenoxy) is 1. The fourth-order valence-corrected chi connectivity index (χ4v) is 1.61. The van der Waals surface area contributed by atoms with Gasteiger partial charge in [-0.3, -0.25) is 0 Å². The van der Waals surface area contributed by atoms with Crippen molar-refractivity contribution in [1.82, 2.24) is 5.32 Å². The summed E-state index contributed by atoms with van der Waals surface area (Å²) in [6.07, 6.45) is 3.00. The van der Waals surface area contributed by atoms with E-state index in [0.29, 0.717) is 6.61 Å². The summed E-state index contributed by atoms with van der Waals surface area (Å²) in [5.41, 5.74) is -0.660. The molecule has 4 nitrogen and oxygen atoms in total. The molecule has 1 aliphatic rings. The van der Waals surface area contributed by atoms with Crippen LogP contribution in [0.25, 0.3) is 0 Å². The van der Waals surface area contributed by atoms with Gasteiger partial charge in [0.05, 0.1) is 12.7 Å². The van der Waals surface area contributed by atoms with Crippen molar-refractivity contribution >= 4 is 6.09 Å². The molecular formula is C9H14N2O2. The molecule has 13 heavy (non-hydrogen) atoms. The Hall–Kier alpha value is -1.24. The maximum Gasteiger partial charge on any atom is 0.408 e. The van der Waals surface area contributed by atoms with Crippen LogP contribution in [0.4, 0.5) is 4.79 Å². The van der Waals surface area contributed by atoms with Crippen LogP contribution in [0.1, 0.15) is 32.6 Å². The van der Waals surface area contributed by atoms with Crippen LogP contribution < -0.4 is 5.32 Å². The zero-order valence-corrected chi connectivity index (χ0v) is 7.80. The lowest BCUT2D eigenvalue weighted by Gasteiger charge is -2.20. The van der Waals surface area contributed by atoms with Crippen molar-refractivity contribution in [1.29, 1.82) is 5.26 Å². The summed E-state index contributed by atoms with van der Waals surface area (Å²) < 4.78 is 4.73. The van der Waals surface area contributed by atoms with Gasteiger partial charge in [-0.15, -0.1) is 0 Å². The van der Waals surface area contributed by atoms with E-state index in [-0.39, 0.29) is 0 Å². The molecule has 0 aromatic rings. The van der Waals surface area contributed by atoms with Crippen molar-refractivity contribution in [2.75, 3.05) is 6.61 Å². The van der Waals surface area contributed by atoms with E-state index in [1.807, 2.05) is 0 Å². The van der Waals surface area contributed by atoms with Gasteiger partial charge in [-0.1, -0.05) is 0 Å². The predicted molar refractivity (Wildman–Crippen MR) is 47.0 cm³/mol. The van der Waals surface area contributed by atoms with Gasteiger partial charge in [-0.2, -0.15) is 5.26 Å². The third kappa shape index (κ3) is 2.35. The number of hydrogen-bond donors (Lipinski definition) is 1. The molecule has 0 atom stereocenters. The van der Waals surface area contributed by atoms with Crippen molar-refractivity contribution < 1.29 is 9.53 Å². The lowest BCUT2D eigenvalue weighted by molar-refractivity contribution is 0.143. The lowest BCUT2D eigenvalue weighted by atomic mass is 10.0. The highest BCUT2D eigenvalue weighted by Gasteiger charge is 2.35. The summed E-state index contributed by atoms with van der Waals surface area (Å²) in [5.74, 6) is 0. The van der Waals surface area contributed by atoms with E-state index in [0.717, 1.165) is 25.7 Å². The minimum absolute atomic E-state index is 0.341. The van der Waals surface area contributed by atoms with Gasteiger partial charge in [0.2, 0.25) is 0 Å². The summed E-state index contributed by atoms with van der Waals surface area (Å²) in [4.78, 5) is 11.1. The third-order valence-electron chi connectivity index (χ3n) is 2.29. The molecular weight excluding hydrogens is 168 g/mol. The Morgan fingerprint density at radius 3 is 2.69 bits per heavy atom. The first kappa shape index (κ1) is 9.85. The predicted octanol–water partition coefficient (Wildman–Crippen LogP) is 1.57. The highest BCUT2D eigenvalue weighted by Crippen LogP contribution is 2.28. The molecule has 0 spiro atoms. The van der Waals surface area contributed by atoms with Crippen LogP contribution in [-0.4, -0.2) is 18.2 Å². The van der Waals surface area contributed by atoms with Crippen molar-refractivity contribution in [2.24, 2.45) is 0 Å². The topological polar surface area (TPSA) is 62.1 Å². The fourth-order valence-electron chi connectivity index (χ4n) is 1.61. The Balaban J connectivity index is 2.49. The molecule has 0 saturated heterocycles. The van der Waals surface area contributed by atoms with Crippen molar-refractivity contribution in [2.45, 2.75) is 38.1 Å². The molecule has 72 valence electrons. The number of hydrogen-bond acceptors (Lipinski definition) is 3. The standard InChI is InChI=1S/C9H14N2O2/c1-2-13-8(12)11-9(7-10)5-3-4-6-9/h2-6H2,1H3,(H,11,12). The number of amides is 1. The number of carbonyl (C=O) groups excluding carboxylic acids is 1. The smallest absolute Gasteiger partial charge is 0.408 e. The van der Waals surface area contributed by atoms with E-state index in [4.69, 9.17) is 10.00 Å². The molecule has 0 aromatic heterocycles. The highest BCUT2D eigenvalue weighted by atomic mass is 16.5. The van der Waals surface area contributed by atoms with Crippen LogP contribution in [0.5, 0.6) is 0 Å². The first-order valence-corrected chi connectivity index (χ1v) is 4.58. The molecule has 4 heteroatoms. The Labute approximate surface area is 77.9 Å². The van der Waals surface area contributed by atoms with Gasteiger partial charge in [0.15, 0.2) is 0 Å². The monoisotopic (exact) mass is 182 g/mol. The molecule has 1 saturated carbocycles. The molecule has 0 bridgehead atoms. The van der Waals surface area contributed by atoms with Crippen molar-refractivity contribution in [3.8, 4) is 6.07 Å². The van der Waals surface area contributed by atoms with E-state index in [9.17, 15) is 4.79 Å². The quantitative estimate of drug-likeness (QED) is 0.705. The average molecular weight is 182 g/mol. The first-order chi connectivity index (χ1) is 6.22. The van der Waals surface area contributed by atoms with Crippen LogP contribution in [0.3, 0.4) is 0 Å². The van der Waals surface area contributed by atoms with Gasteiger partial charge in [-0.05, 0) is 32.6 Å². The van der Waals surface area contributed by atoms with E-state index >= 15 is 0 Å². The van der Waals surface area contributed by atoms with Crippen LogP contribution in [0.2, 0.25) is 0 Å². The maximum atomic E-state index is 11.1. The van der Waals surface area contributed by atoms with Gasteiger partial charge in [0.25, 0.3) is 0 Å². The molecule has 0 aromatic carbocycles. The van der Waals surface area contributed by atoms with E-state index in [1.54, 1.807) is 6.92 Å². The second-order valence-corrected chi connectivity index (χ2v) is 3.25. The molecule has 1 amide bonds. The minimum Gasteiger partial charge on any atom is -0.450 e. The number of alkyl carbamates (subject to hydrolysis) is 1. The van der Waals surface area contributed by atoms with Crippen molar-refractivity contribution in [3.05, 3.63) is 0 Å². The largest absolute Gasteiger partial charge is 0.450 e. The fraction of sp³-hybridized carbons (Fsp3) is 0.778. The lowest BCUT2D eigenvalue weighted by Crippen LogP contribution is -2.45. The molecule has 1 N–H and O–H groups in total. The molecule has 0 radical (unpaired) electrons. The van der Waals surface area contributed by atoms with E-state index in [2.05, 4.69) is 11.4 Å². The van der Waals surface area contributed by atoms with E-state index < -0.39 is 11.6 Å². The maximum absolute atomic E-state index is 11.1. The Kier molecular flexibility index (Phi) is 3.13. The molecule has 1 aliphatic carbocycles. The van der Waals surface area contributed by atoms with Crippen molar-refractivity contribution in [3.63, 3.8) is 0 Å². The molecule has 0 aliphatic heterocycles. The summed E-state index contributed by atoms with van der Waals surface area (Å²) in [6, 6.07) is 2.15. The van der Waals surface area contributed by atoms with Gasteiger partial charge >= 0.3 is 6.09 Å². The number of nitrogens with zero attached hydrogens (tertiary/aromatic N) is 1. The number of rotatable bonds is 2. The van der Waals surface area contributed by atoms with Crippen LogP contribution >= 0.6 is 0 Å². The van der Waals surface area contributed by atoms with Gasteiger partial charge in [0, 0.05) is 0 Å². The van der Waals surface area contributed by atoms with Gasteiger partial charge in [-0.25, -0.2) is 4.79 Å². The summed E-state index contributed by atoms with van der Waals surface area (Å²) in [7, 11) is 0. The van der Waals surface area contributed by atoms with Crippen LogP contribution in [-0.2, 0) is 4.74 Å². The van der Waals surface area contributed by atoms with Crippen LogP contribution in [0.15, 0.2) is 0 Å². The highest BCUT2D eigenvalue weighted by molar-refractivity contribution is 5.69. The zero-order chi connectivity index (χ0) is 9.73. The molecule has 1 rings (SSSR count). The Morgan fingerprint density at radius 1 is 1.62 bits per heavy atom. The van der Waals surface area contributed by atoms with E-state index in [1.165, 1.54) is 0 Å². The second-order valence-electron chi connectivity index (χ2n) is 3.25. The zero-order valence-electron chi connectivity index (χ0n) is 7.80. The number of nitrogens with one attached hydrogen (secondary N) is 1. The SMILES string of the molecule is CCOC(=O)NC1(C#N)CCCC1. The second kappa shape index (κ2) is 4.13. The molecule has 0 unspecified atom stereocenters. The van der Waals surface area contributed by atoms with Gasteiger partial charge in [0.1, 0.15) is 5.54 Å². The summed E-state index contributed by atoms with van der Waals surface area (Å²) in [5, 5.41) is 11.5.